The van der Waals surface area contributed by atoms with Crippen LogP contribution in [0.3, 0.4) is 0 Å². The van der Waals surface area contributed by atoms with Crippen LogP contribution in [0.4, 0.5) is 5.82 Å². The summed E-state index contributed by atoms with van der Waals surface area (Å²) in [7, 11) is 0. The predicted octanol–water partition coefficient (Wildman–Crippen LogP) is 2.27. The van der Waals surface area contributed by atoms with Gasteiger partial charge in [0.2, 0.25) is 0 Å². The Labute approximate surface area is 102 Å². The molecule has 0 aliphatic rings. The lowest BCUT2D eigenvalue weighted by molar-refractivity contribution is 0.532. The Balaban J connectivity index is 2.39. The quantitative estimate of drug-likeness (QED) is 0.917. The summed E-state index contributed by atoms with van der Waals surface area (Å²) in [5, 5.41) is 4.25. The monoisotopic (exact) mass is 281 g/mol. The van der Waals surface area contributed by atoms with Gasteiger partial charge in [0.1, 0.15) is 4.60 Å². The molecular formula is C10H12BrN5. The molecule has 0 aliphatic heterocycles. The molecule has 2 aromatic heterocycles. The fourth-order valence-corrected chi connectivity index (χ4v) is 1.56. The lowest BCUT2D eigenvalue weighted by Crippen LogP contribution is -1.99. The number of rotatable bonds is 2. The van der Waals surface area contributed by atoms with Crippen LogP contribution >= 0.6 is 15.9 Å². The molecule has 0 unspecified atom stereocenters. The summed E-state index contributed by atoms with van der Waals surface area (Å²) in [5.41, 5.74) is 7.27. The van der Waals surface area contributed by atoms with Crippen LogP contribution in [0.5, 0.6) is 0 Å². The SMILES string of the molecule is CC(C)n1cc(-c2cnc(N)c(Br)n2)cn1. The first-order valence-corrected chi connectivity index (χ1v) is 5.69. The van der Waals surface area contributed by atoms with Gasteiger partial charge in [-0.3, -0.25) is 4.68 Å². The van der Waals surface area contributed by atoms with E-state index in [1.807, 2.05) is 10.9 Å². The topological polar surface area (TPSA) is 69.6 Å². The standard InChI is InChI=1S/C10H12BrN5/c1-6(2)16-5-7(3-14-16)8-4-13-10(12)9(11)15-8/h3-6H,1-2H3,(H2,12,13). The van der Waals surface area contributed by atoms with E-state index in [0.717, 1.165) is 11.3 Å². The zero-order valence-electron chi connectivity index (χ0n) is 9.05. The van der Waals surface area contributed by atoms with Gasteiger partial charge in [-0.15, -0.1) is 0 Å². The Hall–Kier alpha value is -1.43. The van der Waals surface area contributed by atoms with Crippen LogP contribution in [-0.4, -0.2) is 19.7 Å². The first-order chi connectivity index (χ1) is 7.58. The number of hydrogen-bond acceptors (Lipinski definition) is 4. The van der Waals surface area contributed by atoms with Crippen LogP contribution < -0.4 is 5.73 Å². The minimum absolute atomic E-state index is 0.332. The molecule has 2 aromatic rings. The highest BCUT2D eigenvalue weighted by atomic mass is 79.9. The number of hydrogen-bond donors (Lipinski definition) is 1. The molecular weight excluding hydrogens is 270 g/mol. The minimum Gasteiger partial charge on any atom is -0.381 e. The van der Waals surface area contributed by atoms with Crippen molar-refractivity contribution < 1.29 is 0 Å². The van der Waals surface area contributed by atoms with Gasteiger partial charge in [0.05, 0.1) is 18.1 Å². The Bertz CT molecular complexity index is 506. The second-order valence-corrected chi connectivity index (χ2v) is 4.49. The van der Waals surface area contributed by atoms with Crippen molar-refractivity contribution in [3.8, 4) is 11.3 Å². The number of nitrogen functional groups attached to an aromatic ring is 1. The van der Waals surface area contributed by atoms with E-state index in [-0.39, 0.29) is 0 Å². The Morgan fingerprint density at radius 1 is 1.38 bits per heavy atom. The summed E-state index contributed by atoms with van der Waals surface area (Å²) < 4.78 is 2.43. The molecule has 0 saturated carbocycles. The van der Waals surface area contributed by atoms with Crippen molar-refractivity contribution in [1.82, 2.24) is 19.7 Å². The van der Waals surface area contributed by atoms with Crippen LogP contribution in [0.15, 0.2) is 23.2 Å². The molecule has 0 radical (unpaired) electrons. The highest BCUT2D eigenvalue weighted by Gasteiger charge is 2.07. The van der Waals surface area contributed by atoms with Gasteiger partial charge in [0, 0.05) is 17.8 Å². The van der Waals surface area contributed by atoms with Crippen molar-refractivity contribution >= 4 is 21.7 Å². The smallest absolute Gasteiger partial charge is 0.156 e. The zero-order chi connectivity index (χ0) is 11.7. The molecule has 0 bridgehead atoms. The van der Waals surface area contributed by atoms with E-state index in [0.29, 0.717) is 16.5 Å². The molecule has 2 rings (SSSR count). The second kappa shape index (κ2) is 4.21. The van der Waals surface area contributed by atoms with Gasteiger partial charge in [-0.25, -0.2) is 9.97 Å². The molecule has 0 spiro atoms. The van der Waals surface area contributed by atoms with Crippen molar-refractivity contribution in [3.05, 3.63) is 23.2 Å². The lowest BCUT2D eigenvalue weighted by Gasteiger charge is -2.03. The summed E-state index contributed by atoms with van der Waals surface area (Å²) in [6.45, 7) is 4.14. The van der Waals surface area contributed by atoms with Crippen molar-refractivity contribution in [1.29, 1.82) is 0 Å². The molecule has 0 fully saturated rings. The summed E-state index contributed by atoms with van der Waals surface area (Å²) >= 11 is 3.25. The van der Waals surface area contributed by atoms with Crippen molar-refractivity contribution in [2.75, 3.05) is 5.73 Å². The Morgan fingerprint density at radius 3 is 2.69 bits per heavy atom. The van der Waals surface area contributed by atoms with Crippen LogP contribution in [0.2, 0.25) is 0 Å². The van der Waals surface area contributed by atoms with E-state index in [1.165, 1.54) is 0 Å². The van der Waals surface area contributed by atoms with E-state index in [1.54, 1.807) is 12.4 Å². The van der Waals surface area contributed by atoms with Gasteiger partial charge >= 0.3 is 0 Å². The maximum Gasteiger partial charge on any atom is 0.156 e. The number of aromatic nitrogens is 4. The minimum atomic E-state index is 0.332. The lowest BCUT2D eigenvalue weighted by atomic mass is 10.3. The molecule has 16 heavy (non-hydrogen) atoms. The van der Waals surface area contributed by atoms with Gasteiger partial charge in [-0.1, -0.05) is 0 Å². The van der Waals surface area contributed by atoms with Crippen molar-refractivity contribution in [3.63, 3.8) is 0 Å². The van der Waals surface area contributed by atoms with Gasteiger partial charge in [0.25, 0.3) is 0 Å². The molecule has 84 valence electrons. The molecule has 0 amide bonds. The van der Waals surface area contributed by atoms with E-state index >= 15 is 0 Å². The summed E-state index contributed by atoms with van der Waals surface area (Å²) in [5.74, 6) is 0.389. The maximum absolute atomic E-state index is 5.58. The first-order valence-electron chi connectivity index (χ1n) is 4.90. The van der Waals surface area contributed by atoms with Gasteiger partial charge in [-0.2, -0.15) is 5.10 Å². The molecule has 0 aliphatic carbocycles. The van der Waals surface area contributed by atoms with E-state index in [9.17, 15) is 0 Å². The molecule has 0 saturated heterocycles. The summed E-state index contributed by atoms with van der Waals surface area (Å²) in [6, 6.07) is 0.332. The van der Waals surface area contributed by atoms with Gasteiger partial charge < -0.3 is 5.73 Å². The summed E-state index contributed by atoms with van der Waals surface area (Å²) in [6.07, 6.45) is 5.35. The van der Waals surface area contributed by atoms with Crippen molar-refractivity contribution in [2.45, 2.75) is 19.9 Å². The summed E-state index contributed by atoms with van der Waals surface area (Å²) in [4.78, 5) is 8.33. The average molecular weight is 282 g/mol. The van der Waals surface area contributed by atoms with Crippen LogP contribution in [0.25, 0.3) is 11.3 Å². The third kappa shape index (κ3) is 2.06. The molecule has 2 heterocycles. The van der Waals surface area contributed by atoms with E-state index in [4.69, 9.17) is 5.73 Å². The normalized spacial score (nSPS) is 11.0. The molecule has 5 nitrogen and oxygen atoms in total. The predicted molar refractivity (Wildman–Crippen MR) is 65.8 cm³/mol. The largest absolute Gasteiger partial charge is 0.381 e. The third-order valence-corrected chi connectivity index (χ3v) is 2.77. The Morgan fingerprint density at radius 2 is 2.12 bits per heavy atom. The Kier molecular flexibility index (Phi) is 2.91. The average Bonchev–Trinajstić information content (AvgIpc) is 2.71. The fraction of sp³-hybridized carbons (Fsp3) is 0.300. The third-order valence-electron chi connectivity index (χ3n) is 2.18. The number of halogens is 1. The van der Waals surface area contributed by atoms with Crippen molar-refractivity contribution in [2.24, 2.45) is 0 Å². The molecule has 2 N–H and O–H groups in total. The van der Waals surface area contributed by atoms with E-state index in [2.05, 4.69) is 44.8 Å². The first kappa shape index (κ1) is 11.1. The molecule has 6 heteroatoms. The van der Waals surface area contributed by atoms with Gasteiger partial charge in [-0.05, 0) is 29.8 Å². The second-order valence-electron chi connectivity index (χ2n) is 3.73. The maximum atomic E-state index is 5.58. The van der Waals surface area contributed by atoms with Crippen LogP contribution in [0.1, 0.15) is 19.9 Å². The van der Waals surface area contributed by atoms with Gasteiger partial charge in [0.15, 0.2) is 5.82 Å². The molecule has 0 aromatic carbocycles. The van der Waals surface area contributed by atoms with Crippen LogP contribution in [-0.2, 0) is 0 Å². The number of anilines is 1. The zero-order valence-corrected chi connectivity index (χ0v) is 10.6. The van der Waals surface area contributed by atoms with Crippen LogP contribution in [0, 0.1) is 0 Å². The highest BCUT2D eigenvalue weighted by Crippen LogP contribution is 2.21. The van der Waals surface area contributed by atoms with E-state index < -0.39 is 0 Å². The number of nitrogens with zero attached hydrogens (tertiary/aromatic N) is 4. The number of nitrogens with two attached hydrogens (primary N) is 1. The highest BCUT2D eigenvalue weighted by molar-refractivity contribution is 9.10. The molecule has 0 atom stereocenters. The fourth-order valence-electron chi connectivity index (χ4n) is 1.27.